The molecule has 1 aromatic rings. The fourth-order valence-corrected chi connectivity index (χ4v) is 5.84. The van der Waals surface area contributed by atoms with E-state index in [0.717, 1.165) is 24.3 Å². The number of rotatable bonds is 5. The van der Waals surface area contributed by atoms with Crippen molar-refractivity contribution in [3.8, 4) is 0 Å². The molecule has 1 aromatic heterocycles. The second-order valence-electron chi connectivity index (χ2n) is 5.46. The van der Waals surface area contributed by atoms with Crippen LogP contribution in [0.3, 0.4) is 0 Å². The van der Waals surface area contributed by atoms with Crippen molar-refractivity contribution in [1.29, 1.82) is 0 Å². The minimum absolute atomic E-state index is 0.0839. The van der Waals surface area contributed by atoms with E-state index in [1.165, 1.54) is 11.3 Å². The van der Waals surface area contributed by atoms with Gasteiger partial charge in [0.1, 0.15) is 0 Å². The molecule has 1 fully saturated rings. The normalized spacial score (nSPS) is 24.9. The molecule has 0 aliphatic carbocycles. The number of hydrogen-bond donors (Lipinski definition) is 1. The van der Waals surface area contributed by atoms with Gasteiger partial charge in [-0.25, -0.2) is 8.42 Å². The van der Waals surface area contributed by atoms with E-state index < -0.39 is 10.0 Å². The number of sulfonamides is 1. The molecule has 0 saturated carbocycles. The number of nitrogens with zero attached hydrogens (tertiary/aromatic N) is 1. The van der Waals surface area contributed by atoms with Crippen molar-refractivity contribution in [2.24, 2.45) is 5.92 Å². The SMILES string of the molecule is CCNCc1sccc1S(=O)(=O)N1CCCC(C)C1C. The number of piperidine rings is 1. The summed E-state index contributed by atoms with van der Waals surface area (Å²) in [6.45, 7) is 8.30. The Labute approximate surface area is 126 Å². The van der Waals surface area contributed by atoms with E-state index in [0.29, 0.717) is 23.9 Å². The van der Waals surface area contributed by atoms with Gasteiger partial charge in [-0.3, -0.25) is 0 Å². The molecule has 1 saturated heterocycles. The Bertz CT molecular complexity index is 539. The summed E-state index contributed by atoms with van der Waals surface area (Å²) < 4.78 is 27.5. The third-order valence-electron chi connectivity index (χ3n) is 4.14. The van der Waals surface area contributed by atoms with Gasteiger partial charge in [0.2, 0.25) is 10.0 Å². The van der Waals surface area contributed by atoms with Gasteiger partial charge in [0, 0.05) is 24.0 Å². The van der Waals surface area contributed by atoms with Gasteiger partial charge in [0.05, 0.1) is 4.90 Å². The van der Waals surface area contributed by atoms with Gasteiger partial charge in [-0.15, -0.1) is 11.3 Å². The molecule has 0 spiro atoms. The zero-order valence-corrected chi connectivity index (χ0v) is 14.1. The molecule has 4 nitrogen and oxygen atoms in total. The van der Waals surface area contributed by atoms with Gasteiger partial charge in [-0.1, -0.05) is 13.8 Å². The highest BCUT2D eigenvalue weighted by Gasteiger charge is 2.35. The number of hydrogen-bond acceptors (Lipinski definition) is 4. The highest BCUT2D eigenvalue weighted by Crippen LogP contribution is 2.31. The largest absolute Gasteiger partial charge is 0.312 e. The second kappa shape index (κ2) is 6.56. The van der Waals surface area contributed by atoms with E-state index in [9.17, 15) is 8.42 Å². The summed E-state index contributed by atoms with van der Waals surface area (Å²) >= 11 is 1.51. The molecule has 2 rings (SSSR count). The maximum Gasteiger partial charge on any atom is 0.244 e. The predicted octanol–water partition coefficient (Wildman–Crippen LogP) is 2.67. The lowest BCUT2D eigenvalue weighted by Crippen LogP contribution is -2.46. The lowest BCUT2D eigenvalue weighted by Gasteiger charge is -2.36. The molecule has 0 bridgehead atoms. The zero-order chi connectivity index (χ0) is 14.8. The van der Waals surface area contributed by atoms with Crippen LogP contribution in [0, 0.1) is 5.92 Å². The van der Waals surface area contributed by atoms with Gasteiger partial charge >= 0.3 is 0 Å². The Balaban J connectivity index is 2.28. The van der Waals surface area contributed by atoms with Crippen molar-refractivity contribution in [3.05, 3.63) is 16.3 Å². The average molecular weight is 316 g/mol. The highest BCUT2D eigenvalue weighted by atomic mass is 32.2. The van der Waals surface area contributed by atoms with Crippen LogP contribution in [0.25, 0.3) is 0 Å². The first-order valence-corrected chi connectivity index (χ1v) is 9.59. The van der Waals surface area contributed by atoms with Crippen molar-refractivity contribution in [3.63, 3.8) is 0 Å². The maximum atomic E-state index is 12.9. The molecule has 1 aliphatic rings. The summed E-state index contributed by atoms with van der Waals surface area (Å²) in [6.07, 6.45) is 2.07. The highest BCUT2D eigenvalue weighted by molar-refractivity contribution is 7.89. The van der Waals surface area contributed by atoms with Gasteiger partial charge < -0.3 is 5.32 Å². The van der Waals surface area contributed by atoms with Crippen LogP contribution in [-0.2, 0) is 16.6 Å². The summed E-state index contributed by atoms with van der Waals surface area (Å²) in [7, 11) is -3.36. The van der Waals surface area contributed by atoms with E-state index in [4.69, 9.17) is 0 Å². The first kappa shape index (κ1) is 15.9. The van der Waals surface area contributed by atoms with Crippen LogP contribution in [0.15, 0.2) is 16.3 Å². The molecule has 0 amide bonds. The van der Waals surface area contributed by atoms with E-state index in [1.54, 1.807) is 10.4 Å². The van der Waals surface area contributed by atoms with Crippen molar-refractivity contribution < 1.29 is 8.42 Å². The fourth-order valence-electron chi connectivity index (χ4n) is 2.69. The summed E-state index contributed by atoms with van der Waals surface area (Å²) in [5, 5.41) is 5.09. The number of nitrogens with one attached hydrogen (secondary N) is 1. The van der Waals surface area contributed by atoms with Gasteiger partial charge in [0.15, 0.2) is 0 Å². The van der Waals surface area contributed by atoms with Crippen LogP contribution in [0.4, 0.5) is 0 Å². The average Bonchev–Trinajstić information content (AvgIpc) is 2.88. The predicted molar refractivity (Wildman–Crippen MR) is 83.5 cm³/mol. The van der Waals surface area contributed by atoms with E-state index >= 15 is 0 Å². The van der Waals surface area contributed by atoms with Crippen LogP contribution in [0.1, 0.15) is 38.5 Å². The molecule has 0 radical (unpaired) electrons. The molecule has 0 aromatic carbocycles. The summed E-state index contributed by atoms with van der Waals surface area (Å²) in [5.41, 5.74) is 0. The number of thiophene rings is 1. The summed E-state index contributed by atoms with van der Waals surface area (Å²) in [5.74, 6) is 0.425. The van der Waals surface area contributed by atoms with Crippen molar-refractivity contribution in [1.82, 2.24) is 9.62 Å². The fraction of sp³-hybridized carbons (Fsp3) is 0.714. The topological polar surface area (TPSA) is 49.4 Å². The van der Waals surface area contributed by atoms with E-state index in [-0.39, 0.29) is 6.04 Å². The Morgan fingerprint density at radius 3 is 2.90 bits per heavy atom. The van der Waals surface area contributed by atoms with Gasteiger partial charge in [-0.05, 0) is 43.7 Å². The molecule has 1 N–H and O–H groups in total. The molecule has 2 atom stereocenters. The van der Waals surface area contributed by atoms with E-state index in [1.807, 2.05) is 19.2 Å². The molecule has 1 aliphatic heterocycles. The molecule has 2 unspecified atom stereocenters. The first-order chi connectivity index (χ1) is 9.48. The lowest BCUT2D eigenvalue weighted by molar-refractivity contribution is 0.202. The van der Waals surface area contributed by atoms with Crippen molar-refractivity contribution >= 4 is 21.4 Å². The summed E-state index contributed by atoms with van der Waals surface area (Å²) in [6, 6.07) is 1.83. The molecular weight excluding hydrogens is 292 g/mol. The Morgan fingerprint density at radius 1 is 1.45 bits per heavy atom. The smallest absolute Gasteiger partial charge is 0.244 e. The summed E-state index contributed by atoms with van der Waals surface area (Å²) in [4.78, 5) is 1.40. The molecule has 2 heterocycles. The Kier molecular flexibility index (Phi) is 5.23. The molecule has 20 heavy (non-hydrogen) atoms. The van der Waals surface area contributed by atoms with Crippen LogP contribution < -0.4 is 5.32 Å². The standard InChI is InChI=1S/C14H24N2O2S2/c1-4-15-10-13-14(7-9-19-13)20(17,18)16-8-5-6-11(2)12(16)3/h7,9,11-12,15H,4-6,8,10H2,1-3H3. The molecular formula is C14H24N2O2S2. The van der Waals surface area contributed by atoms with Crippen LogP contribution in [-0.4, -0.2) is 31.9 Å². The Morgan fingerprint density at radius 2 is 2.20 bits per heavy atom. The minimum atomic E-state index is -3.36. The molecule has 6 heteroatoms. The maximum absolute atomic E-state index is 12.9. The van der Waals surface area contributed by atoms with Crippen LogP contribution in [0.2, 0.25) is 0 Å². The van der Waals surface area contributed by atoms with Crippen molar-refractivity contribution in [2.45, 2.75) is 51.1 Å². The first-order valence-electron chi connectivity index (χ1n) is 7.27. The van der Waals surface area contributed by atoms with Crippen LogP contribution >= 0.6 is 11.3 Å². The monoisotopic (exact) mass is 316 g/mol. The quantitative estimate of drug-likeness (QED) is 0.908. The van der Waals surface area contributed by atoms with Gasteiger partial charge in [0.25, 0.3) is 0 Å². The van der Waals surface area contributed by atoms with Crippen molar-refractivity contribution in [2.75, 3.05) is 13.1 Å². The lowest BCUT2D eigenvalue weighted by atomic mass is 9.94. The zero-order valence-electron chi connectivity index (χ0n) is 12.4. The Hall–Kier alpha value is -0.430. The van der Waals surface area contributed by atoms with Gasteiger partial charge in [-0.2, -0.15) is 4.31 Å². The molecule has 114 valence electrons. The van der Waals surface area contributed by atoms with E-state index in [2.05, 4.69) is 12.2 Å². The third kappa shape index (κ3) is 3.08. The second-order valence-corrected chi connectivity index (χ2v) is 8.32. The van der Waals surface area contributed by atoms with Crippen LogP contribution in [0.5, 0.6) is 0 Å². The third-order valence-corrected chi connectivity index (χ3v) is 7.26. The minimum Gasteiger partial charge on any atom is -0.312 e.